The predicted octanol–water partition coefficient (Wildman–Crippen LogP) is 0.876. The van der Waals surface area contributed by atoms with E-state index in [1.807, 2.05) is 0 Å². The quantitative estimate of drug-likeness (QED) is 0.425. The molecule has 0 fully saturated rings. The van der Waals surface area contributed by atoms with Crippen molar-refractivity contribution < 1.29 is 28.6 Å². The van der Waals surface area contributed by atoms with Crippen molar-refractivity contribution in [3.63, 3.8) is 0 Å². The Morgan fingerprint density at radius 2 is 1.35 bits per heavy atom. The van der Waals surface area contributed by atoms with Crippen LogP contribution >= 0.6 is 0 Å². The van der Waals surface area contributed by atoms with Gasteiger partial charge in [0, 0.05) is 0 Å². The van der Waals surface area contributed by atoms with Crippen LogP contribution in [0.5, 0.6) is 0 Å². The van der Waals surface area contributed by atoms with E-state index in [2.05, 4.69) is 9.47 Å². The average molecular weight is 285 g/mol. The van der Waals surface area contributed by atoms with E-state index in [-0.39, 0.29) is 0 Å². The molecule has 1 aliphatic rings. The maximum absolute atomic E-state index is 12.2. The second kappa shape index (κ2) is 5.94. The molecule has 20 heavy (non-hydrogen) atoms. The number of nitrogens with zero attached hydrogens (tertiary/aromatic N) is 1. The summed E-state index contributed by atoms with van der Waals surface area (Å²) in [7, 11) is 2.41. The SMILES string of the molecule is COC(=O)C1C=CC(C(=O)OC)N1C(=O)OC(C)(C)C. The summed E-state index contributed by atoms with van der Waals surface area (Å²) in [6, 6.07) is -2.00. The van der Waals surface area contributed by atoms with E-state index in [4.69, 9.17) is 4.74 Å². The lowest BCUT2D eigenvalue weighted by molar-refractivity contribution is -0.149. The Labute approximate surface area is 117 Å². The molecule has 7 nitrogen and oxygen atoms in total. The van der Waals surface area contributed by atoms with Crippen molar-refractivity contribution in [3.8, 4) is 0 Å². The van der Waals surface area contributed by atoms with Crippen LogP contribution in [-0.4, -0.2) is 54.8 Å². The van der Waals surface area contributed by atoms with E-state index in [0.29, 0.717) is 0 Å². The van der Waals surface area contributed by atoms with Gasteiger partial charge in [0.1, 0.15) is 5.60 Å². The van der Waals surface area contributed by atoms with Gasteiger partial charge in [-0.3, -0.25) is 4.90 Å². The molecule has 0 aromatic carbocycles. The molecule has 0 bridgehead atoms. The highest BCUT2D eigenvalue weighted by Crippen LogP contribution is 2.22. The highest BCUT2D eigenvalue weighted by molar-refractivity contribution is 5.91. The topological polar surface area (TPSA) is 82.1 Å². The smallest absolute Gasteiger partial charge is 0.412 e. The van der Waals surface area contributed by atoms with Gasteiger partial charge in [0.2, 0.25) is 0 Å². The standard InChI is InChI=1S/C13H19NO6/c1-13(2,3)20-12(17)14-8(10(15)18-4)6-7-9(14)11(16)19-5/h6-9H,1-5H3. The number of esters is 2. The van der Waals surface area contributed by atoms with Gasteiger partial charge in [-0.25, -0.2) is 14.4 Å². The molecule has 0 aromatic rings. The van der Waals surface area contributed by atoms with Crippen LogP contribution in [0.1, 0.15) is 20.8 Å². The highest BCUT2D eigenvalue weighted by Gasteiger charge is 2.43. The molecule has 0 aromatic heterocycles. The van der Waals surface area contributed by atoms with Crippen molar-refractivity contribution >= 4 is 18.0 Å². The fourth-order valence-corrected chi connectivity index (χ4v) is 1.74. The van der Waals surface area contributed by atoms with Crippen LogP contribution in [0.15, 0.2) is 12.2 Å². The lowest BCUT2D eigenvalue weighted by Gasteiger charge is -2.30. The molecule has 0 spiro atoms. The molecule has 0 radical (unpaired) electrons. The molecule has 112 valence electrons. The van der Waals surface area contributed by atoms with E-state index < -0.39 is 35.7 Å². The zero-order chi connectivity index (χ0) is 15.5. The van der Waals surface area contributed by atoms with Gasteiger partial charge in [-0.15, -0.1) is 0 Å². The number of methoxy groups -OCH3 is 2. The molecule has 2 atom stereocenters. The summed E-state index contributed by atoms with van der Waals surface area (Å²) in [4.78, 5) is 36.5. The van der Waals surface area contributed by atoms with Crippen molar-refractivity contribution in [1.29, 1.82) is 0 Å². The Hall–Kier alpha value is -2.05. The number of amides is 1. The lowest BCUT2D eigenvalue weighted by Crippen LogP contribution is -2.50. The van der Waals surface area contributed by atoms with E-state index in [9.17, 15) is 14.4 Å². The number of carbonyl (C=O) groups is 3. The minimum Gasteiger partial charge on any atom is -0.467 e. The van der Waals surface area contributed by atoms with Crippen LogP contribution in [0.25, 0.3) is 0 Å². The first kappa shape index (κ1) is 16.0. The molecule has 0 aliphatic carbocycles. The van der Waals surface area contributed by atoms with Crippen molar-refractivity contribution in [3.05, 3.63) is 12.2 Å². The second-order valence-electron chi connectivity index (χ2n) is 5.21. The molecule has 7 heteroatoms. The zero-order valence-corrected chi connectivity index (χ0v) is 12.2. The number of hydrogen-bond donors (Lipinski definition) is 0. The molecular formula is C13H19NO6. The van der Waals surface area contributed by atoms with Crippen LogP contribution in [0.2, 0.25) is 0 Å². The van der Waals surface area contributed by atoms with E-state index in [0.717, 1.165) is 4.90 Å². The van der Waals surface area contributed by atoms with Gasteiger partial charge in [0.15, 0.2) is 12.1 Å². The summed E-state index contributed by atoms with van der Waals surface area (Å²) in [6.07, 6.45) is 2.04. The summed E-state index contributed by atoms with van der Waals surface area (Å²) in [5.41, 5.74) is -0.749. The fraction of sp³-hybridized carbons (Fsp3) is 0.615. The maximum Gasteiger partial charge on any atom is 0.412 e. The van der Waals surface area contributed by atoms with Crippen LogP contribution in [0.4, 0.5) is 4.79 Å². The number of ether oxygens (including phenoxy) is 3. The molecular weight excluding hydrogens is 266 g/mol. The minimum absolute atomic E-state index is 0.654. The zero-order valence-electron chi connectivity index (χ0n) is 12.2. The van der Waals surface area contributed by atoms with Gasteiger partial charge in [-0.05, 0) is 20.8 Å². The van der Waals surface area contributed by atoms with Gasteiger partial charge in [0.05, 0.1) is 14.2 Å². The summed E-state index contributed by atoms with van der Waals surface area (Å²) in [5.74, 6) is -1.31. The average Bonchev–Trinajstić information content (AvgIpc) is 2.79. The Morgan fingerprint density at radius 1 is 0.950 bits per heavy atom. The van der Waals surface area contributed by atoms with E-state index >= 15 is 0 Å². The Kier molecular flexibility index (Phi) is 4.75. The summed E-state index contributed by atoms with van der Waals surface area (Å²) < 4.78 is 14.4. The summed E-state index contributed by atoms with van der Waals surface area (Å²) >= 11 is 0. The maximum atomic E-state index is 12.2. The molecule has 2 unspecified atom stereocenters. The summed E-state index contributed by atoms with van der Waals surface area (Å²) in [6.45, 7) is 5.07. The second-order valence-corrected chi connectivity index (χ2v) is 5.21. The van der Waals surface area contributed by atoms with Gasteiger partial charge in [-0.1, -0.05) is 12.2 Å². The molecule has 1 aliphatic heterocycles. The van der Waals surface area contributed by atoms with Crippen molar-refractivity contribution in [2.24, 2.45) is 0 Å². The van der Waals surface area contributed by atoms with Gasteiger partial charge in [0.25, 0.3) is 0 Å². The van der Waals surface area contributed by atoms with E-state index in [1.54, 1.807) is 20.8 Å². The summed E-state index contributed by atoms with van der Waals surface area (Å²) in [5, 5.41) is 0. The van der Waals surface area contributed by atoms with Crippen molar-refractivity contribution in [2.75, 3.05) is 14.2 Å². The minimum atomic E-state index is -1.00. The first-order valence-corrected chi connectivity index (χ1v) is 6.06. The highest BCUT2D eigenvalue weighted by atomic mass is 16.6. The molecule has 1 heterocycles. The number of rotatable bonds is 2. The Balaban J connectivity index is 3.01. The van der Waals surface area contributed by atoms with Crippen LogP contribution in [0, 0.1) is 0 Å². The van der Waals surface area contributed by atoms with Crippen LogP contribution < -0.4 is 0 Å². The normalized spacial score (nSPS) is 21.6. The lowest BCUT2D eigenvalue weighted by atomic mass is 10.2. The third-order valence-electron chi connectivity index (χ3n) is 2.56. The predicted molar refractivity (Wildman–Crippen MR) is 68.8 cm³/mol. The molecule has 0 saturated carbocycles. The third-order valence-corrected chi connectivity index (χ3v) is 2.56. The van der Waals surface area contributed by atoms with Crippen molar-refractivity contribution in [1.82, 2.24) is 4.90 Å². The first-order chi connectivity index (χ1) is 9.21. The first-order valence-electron chi connectivity index (χ1n) is 6.06. The van der Waals surface area contributed by atoms with Gasteiger partial charge >= 0.3 is 18.0 Å². The Morgan fingerprint density at radius 3 is 1.65 bits per heavy atom. The van der Waals surface area contributed by atoms with Gasteiger partial charge < -0.3 is 14.2 Å². The van der Waals surface area contributed by atoms with Crippen LogP contribution in [0.3, 0.4) is 0 Å². The Bertz CT molecular complexity index is 411. The monoisotopic (exact) mass is 285 g/mol. The number of hydrogen-bond acceptors (Lipinski definition) is 6. The third kappa shape index (κ3) is 3.49. The molecule has 1 rings (SSSR count). The molecule has 0 N–H and O–H groups in total. The van der Waals surface area contributed by atoms with Crippen LogP contribution in [-0.2, 0) is 23.8 Å². The fourth-order valence-electron chi connectivity index (χ4n) is 1.74. The van der Waals surface area contributed by atoms with Crippen molar-refractivity contribution in [2.45, 2.75) is 38.5 Å². The largest absolute Gasteiger partial charge is 0.467 e. The van der Waals surface area contributed by atoms with Gasteiger partial charge in [-0.2, -0.15) is 0 Å². The number of carbonyl (C=O) groups excluding carboxylic acids is 3. The molecule has 1 amide bonds. The van der Waals surface area contributed by atoms with E-state index in [1.165, 1.54) is 26.4 Å². The molecule has 0 saturated heterocycles.